The fourth-order valence-electron chi connectivity index (χ4n) is 1.43. The highest BCUT2D eigenvalue weighted by Gasteiger charge is 1.99. The maximum atomic E-state index is 10.4. The van der Waals surface area contributed by atoms with Crippen molar-refractivity contribution in [3.8, 4) is 5.75 Å². The molecule has 98 valence electrons. The van der Waals surface area contributed by atoms with Gasteiger partial charge in [-0.05, 0) is 51.8 Å². The molecule has 0 aliphatic carbocycles. The van der Waals surface area contributed by atoms with Crippen molar-refractivity contribution in [2.24, 2.45) is 0 Å². The van der Waals surface area contributed by atoms with E-state index in [0.717, 1.165) is 26.1 Å². The van der Waals surface area contributed by atoms with Gasteiger partial charge in [-0.1, -0.05) is 12.1 Å². The molecule has 0 amide bonds. The maximum absolute atomic E-state index is 10.4. The van der Waals surface area contributed by atoms with Crippen LogP contribution in [0.4, 0.5) is 0 Å². The summed E-state index contributed by atoms with van der Waals surface area (Å²) in [6.45, 7) is 0.528. The first kappa shape index (κ1) is 13.8. The molecule has 1 aromatic heterocycles. The molecule has 2 rings (SSSR count). The second-order valence-electron chi connectivity index (χ2n) is 3.74. The number of hydrogen-bond donors (Lipinski definition) is 1. The first-order valence-electron chi connectivity index (χ1n) is 5.51. The molecule has 3 nitrogen and oxygen atoms in total. The summed E-state index contributed by atoms with van der Waals surface area (Å²) >= 11 is 5.04. The third-order valence-electron chi connectivity index (χ3n) is 2.31. The van der Waals surface area contributed by atoms with Crippen molar-refractivity contribution in [3.05, 3.63) is 56.7 Å². The lowest BCUT2D eigenvalue weighted by Gasteiger charge is -2.04. The SMILES string of the molecule is O=C(O)/C=C/c1ccc(OCc2ccc(Br)s2)cc1. The fraction of sp³-hybridized carbons (Fsp3) is 0.0714. The molecule has 19 heavy (non-hydrogen) atoms. The molecule has 0 spiro atoms. The molecular formula is C14H11BrO3S. The van der Waals surface area contributed by atoms with Crippen molar-refractivity contribution in [2.75, 3.05) is 0 Å². The average molecular weight is 339 g/mol. The number of carbonyl (C=O) groups is 1. The van der Waals surface area contributed by atoms with Gasteiger partial charge in [0.2, 0.25) is 0 Å². The highest BCUT2D eigenvalue weighted by Crippen LogP contribution is 2.23. The minimum Gasteiger partial charge on any atom is -0.488 e. The summed E-state index contributed by atoms with van der Waals surface area (Å²) in [4.78, 5) is 11.5. The second-order valence-corrected chi connectivity index (χ2v) is 6.28. The number of benzene rings is 1. The van der Waals surface area contributed by atoms with Gasteiger partial charge in [0, 0.05) is 11.0 Å². The third-order valence-corrected chi connectivity index (χ3v) is 3.91. The number of rotatable bonds is 5. The predicted octanol–water partition coefficient (Wildman–Crippen LogP) is 4.19. The molecule has 0 aliphatic heterocycles. The van der Waals surface area contributed by atoms with Gasteiger partial charge in [0.25, 0.3) is 0 Å². The Balaban J connectivity index is 1.93. The Morgan fingerprint density at radius 1 is 1.26 bits per heavy atom. The Morgan fingerprint density at radius 3 is 2.58 bits per heavy atom. The lowest BCUT2D eigenvalue weighted by molar-refractivity contribution is -0.131. The van der Waals surface area contributed by atoms with Gasteiger partial charge < -0.3 is 9.84 Å². The molecule has 5 heteroatoms. The van der Waals surface area contributed by atoms with Crippen LogP contribution in [0.5, 0.6) is 5.75 Å². The van der Waals surface area contributed by atoms with Crippen molar-refractivity contribution in [1.82, 2.24) is 0 Å². The molecule has 2 aromatic rings. The Kier molecular flexibility index (Phi) is 4.76. The summed E-state index contributed by atoms with van der Waals surface area (Å²) in [6, 6.07) is 11.3. The smallest absolute Gasteiger partial charge is 0.328 e. The van der Waals surface area contributed by atoms with Gasteiger partial charge in [-0.2, -0.15) is 0 Å². The van der Waals surface area contributed by atoms with E-state index in [-0.39, 0.29) is 0 Å². The standard InChI is InChI=1S/C14H11BrO3S/c15-13-7-6-12(19-13)9-18-11-4-1-10(2-5-11)3-8-14(16)17/h1-8H,9H2,(H,16,17)/b8-3+. The van der Waals surface area contributed by atoms with E-state index in [9.17, 15) is 4.79 Å². The molecular weight excluding hydrogens is 328 g/mol. The summed E-state index contributed by atoms with van der Waals surface area (Å²) in [5.41, 5.74) is 0.827. The molecule has 0 radical (unpaired) electrons. The zero-order chi connectivity index (χ0) is 13.7. The first-order valence-corrected chi connectivity index (χ1v) is 7.12. The Hall–Kier alpha value is -1.59. The Bertz CT molecular complexity index is 587. The second kappa shape index (κ2) is 6.54. The predicted molar refractivity (Wildman–Crippen MR) is 79.5 cm³/mol. The number of aliphatic carboxylic acids is 1. The summed E-state index contributed by atoms with van der Waals surface area (Å²) in [5, 5.41) is 8.53. The van der Waals surface area contributed by atoms with Crippen LogP contribution < -0.4 is 4.74 Å². The van der Waals surface area contributed by atoms with Crippen molar-refractivity contribution in [1.29, 1.82) is 0 Å². The molecule has 1 heterocycles. The van der Waals surface area contributed by atoms with Gasteiger partial charge in [0.1, 0.15) is 12.4 Å². The first-order chi connectivity index (χ1) is 9.13. The van der Waals surface area contributed by atoms with Gasteiger partial charge in [0.15, 0.2) is 0 Å². The van der Waals surface area contributed by atoms with Crippen LogP contribution in [0.25, 0.3) is 6.08 Å². The number of hydrogen-bond acceptors (Lipinski definition) is 3. The third kappa shape index (κ3) is 4.54. The zero-order valence-electron chi connectivity index (χ0n) is 9.88. The quantitative estimate of drug-likeness (QED) is 0.831. The van der Waals surface area contributed by atoms with Gasteiger partial charge >= 0.3 is 5.97 Å². The van der Waals surface area contributed by atoms with Crippen molar-refractivity contribution in [2.45, 2.75) is 6.61 Å². The molecule has 1 aromatic carbocycles. The van der Waals surface area contributed by atoms with Crippen LogP contribution in [-0.4, -0.2) is 11.1 Å². The van der Waals surface area contributed by atoms with E-state index in [2.05, 4.69) is 15.9 Å². The van der Waals surface area contributed by atoms with Crippen molar-refractivity contribution in [3.63, 3.8) is 0 Å². The van der Waals surface area contributed by atoms with E-state index in [0.29, 0.717) is 6.61 Å². The number of halogens is 1. The van der Waals surface area contributed by atoms with Crippen LogP contribution in [0.1, 0.15) is 10.4 Å². The van der Waals surface area contributed by atoms with E-state index in [1.54, 1.807) is 17.4 Å². The van der Waals surface area contributed by atoms with Crippen LogP contribution >= 0.6 is 27.3 Å². The van der Waals surface area contributed by atoms with E-state index in [1.165, 1.54) is 0 Å². The molecule has 0 saturated carbocycles. The highest BCUT2D eigenvalue weighted by molar-refractivity contribution is 9.11. The van der Waals surface area contributed by atoms with Crippen molar-refractivity contribution >= 4 is 39.3 Å². The highest BCUT2D eigenvalue weighted by atomic mass is 79.9. The number of ether oxygens (including phenoxy) is 1. The molecule has 0 aliphatic rings. The molecule has 0 saturated heterocycles. The number of carboxylic acid groups (broad SMARTS) is 1. The van der Waals surface area contributed by atoms with E-state index in [4.69, 9.17) is 9.84 Å². The summed E-state index contributed by atoms with van der Waals surface area (Å²) < 4.78 is 6.72. The minimum absolute atomic E-state index is 0.528. The molecule has 0 fully saturated rings. The molecule has 1 N–H and O–H groups in total. The van der Waals surface area contributed by atoms with Gasteiger partial charge in [-0.25, -0.2) is 4.79 Å². The minimum atomic E-state index is -0.955. The van der Waals surface area contributed by atoms with E-state index >= 15 is 0 Å². The van der Waals surface area contributed by atoms with Crippen LogP contribution in [-0.2, 0) is 11.4 Å². The molecule has 0 atom stereocenters. The maximum Gasteiger partial charge on any atom is 0.328 e. The van der Waals surface area contributed by atoms with E-state index in [1.807, 2.05) is 36.4 Å². The van der Waals surface area contributed by atoms with Crippen LogP contribution in [0.3, 0.4) is 0 Å². The Morgan fingerprint density at radius 2 is 2.00 bits per heavy atom. The van der Waals surface area contributed by atoms with Gasteiger partial charge in [-0.15, -0.1) is 11.3 Å². The summed E-state index contributed by atoms with van der Waals surface area (Å²) in [7, 11) is 0. The largest absolute Gasteiger partial charge is 0.488 e. The lowest BCUT2D eigenvalue weighted by Crippen LogP contribution is -1.92. The zero-order valence-corrected chi connectivity index (χ0v) is 12.3. The number of thiophene rings is 1. The average Bonchev–Trinajstić information content (AvgIpc) is 2.81. The normalized spacial score (nSPS) is 10.8. The Labute approximate surface area is 123 Å². The van der Waals surface area contributed by atoms with Crippen LogP contribution in [0.2, 0.25) is 0 Å². The van der Waals surface area contributed by atoms with Gasteiger partial charge in [0.05, 0.1) is 3.79 Å². The number of carboxylic acids is 1. The summed E-state index contributed by atoms with van der Waals surface area (Å²) in [6.07, 6.45) is 2.65. The van der Waals surface area contributed by atoms with Gasteiger partial charge in [-0.3, -0.25) is 0 Å². The van der Waals surface area contributed by atoms with Crippen LogP contribution in [0, 0.1) is 0 Å². The molecule has 0 unspecified atom stereocenters. The van der Waals surface area contributed by atoms with E-state index < -0.39 is 5.97 Å². The van der Waals surface area contributed by atoms with Crippen LogP contribution in [0.15, 0.2) is 46.3 Å². The topological polar surface area (TPSA) is 46.5 Å². The fourth-order valence-corrected chi connectivity index (χ4v) is 2.82. The monoisotopic (exact) mass is 338 g/mol. The lowest BCUT2D eigenvalue weighted by atomic mass is 10.2. The molecule has 0 bridgehead atoms. The van der Waals surface area contributed by atoms with Crippen molar-refractivity contribution < 1.29 is 14.6 Å². The summed E-state index contributed by atoms with van der Waals surface area (Å²) in [5.74, 6) is -0.194.